The molecule has 36 valence electrons. The highest BCUT2D eigenvalue weighted by Gasteiger charge is 1.61. The number of rotatable bonds is 2. The Bertz CT molecular complexity index is 42.8. The van der Waals surface area contributed by atoms with E-state index in [1.54, 1.807) is 0 Å². The molecule has 0 bridgehead atoms. The van der Waals surface area contributed by atoms with Gasteiger partial charge in [0.1, 0.15) is 0 Å². The molecule has 0 fully saturated rings. The van der Waals surface area contributed by atoms with E-state index < -0.39 is 0 Å². The minimum Gasteiger partial charge on any atom is -0.297 e. The molecule has 0 aliphatic heterocycles. The van der Waals surface area contributed by atoms with Gasteiger partial charge in [-0.05, 0) is 6.92 Å². The second kappa shape index (κ2) is 5.13. The van der Waals surface area contributed by atoms with Crippen molar-refractivity contribution in [3.8, 4) is 0 Å². The smallest absolute Gasteiger partial charge is 0.0166 e. The number of hydrogen-bond acceptors (Lipinski definition) is 1. The van der Waals surface area contributed by atoms with Gasteiger partial charge in [0.25, 0.3) is 0 Å². The fraction of sp³-hybridized carbons (Fsp3) is 0.500. The van der Waals surface area contributed by atoms with Gasteiger partial charge in [0, 0.05) is 6.54 Å². The number of allylic oxidation sites excluding steroid dienone is 1. The van der Waals surface area contributed by atoms with E-state index in [1.165, 1.54) is 0 Å². The standard InChI is InChI=1S/C4H10NP/c1-2-3-4-5-6/h2-3,5H,4,6H2,1H3/b3-2-. The van der Waals surface area contributed by atoms with Crippen molar-refractivity contribution in [1.82, 2.24) is 5.09 Å². The van der Waals surface area contributed by atoms with E-state index in [4.69, 9.17) is 0 Å². The zero-order chi connectivity index (χ0) is 4.83. The Hall–Kier alpha value is 0.130. The summed E-state index contributed by atoms with van der Waals surface area (Å²) in [7, 11) is 2.43. The summed E-state index contributed by atoms with van der Waals surface area (Å²) in [6, 6.07) is 0. The van der Waals surface area contributed by atoms with Gasteiger partial charge in [-0.3, -0.25) is 5.09 Å². The van der Waals surface area contributed by atoms with E-state index in [0.29, 0.717) is 0 Å². The zero-order valence-electron chi connectivity index (χ0n) is 3.94. The molecule has 0 aliphatic carbocycles. The molecule has 6 heavy (non-hydrogen) atoms. The highest BCUT2D eigenvalue weighted by atomic mass is 31.0. The maximum absolute atomic E-state index is 2.90. The molecule has 0 aromatic carbocycles. The van der Waals surface area contributed by atoms with Gasteiger partial charge in [-0.1, -0.05) is 21.5 Å². The second-order valence-electron chi connectivity index (χ2n) is 0.977. The zero-order valence-corrected chi connectivity index (χ0v) is 5.09. The summed E-state index contributed by atoms with van der Waals surface area (Å²) in [6.45, 7) is 2.95. The van der Waals surface area contributed by atoms with Crippen LogP contribution in [0, 0.1) is 0 Å². The van der Waals surface area contributed by atoms with Gasteiger partial charge in [0.15, 0.2) is 0 Å². The van der Waals surface area contributed by atoms with E-state index in [1.807, 2.05) is 19.1 Å². The summed E-state index contributed by atoms with van der Waals surface area (Å²) in [5, 5.41) is 2.90. The van der Waals surface area contributed by atoms with Crippen molar-refractivity contribution in [3.05, 3.63) is 12.2 Å². The monoisotopic (exact) mass is 103 g/mol. The molecule has 0 aromatic heterocycles. The first-order valence-corrected chi connectivity index (χ1v) is 2.54. The van der Waals surface area contributed by atoms with Crippen LogP contribution in [0.4, 0.5) is 0 Å². The Morgan fingerprint density at radius 1 is 1.83 bits per heavy atom. The Morgan fingerprint density at radius 2 is 2.50 bits per heavy atom. The van der Waals surface area contributed by atoms with E-state index in [-0.39, 0.29) is 0 Å². The third kappa shape index (κ3) is 4.13. The van der Waals surface area contributed by atoms with Crippen molar-refractivity contribution in [1.29, 1.82) is 0 Å². The van der Waals surface area contributed by atoms with Gasteiger partial charge < -0.3 is 0 Å². The third-order valence-electron chi connectivity index (χ3n) is 0.471. The molecule has 0 radical (unpaired) electrons. The van der Waals surface area contributed by atoms with Crippen molar-refractivity contribution < 1.29 is 0 Å². The van der Waals surface area contributed by atoms with Crippen LogP contribution in [-0.4, -0.2) is 6.54 Å². The van der Waals surface area contributed by atoms with E-state index >= 15 is 0 Å². The highest BCUT2D eigenvalue weighted by Crippen LogP contribution is 1.69. The fourth-order valence-electron chi connectivity index (χ4n) is 0.186. The van der Waals surface area contributed by atoms with Gasteiger partial charge in [-0.25, -0.2) is 0 Å². The van der Waals surface area contributed by atoms with Gasteiger partial charge in [0.2, 0.25) is 0 Å². The van der Waals surface area contributed by atoms with Crippen LogP contribution in [0.25, 0.3) is 0 Å². The van der Waals surface area contributed by atoms with Gasteiger partial charge in [-0.15, -0.1) is 0 Å². The first-order chi connectivity index (χ1) is 2.91. The second-order valence-corrected chi connectivity index (χ2v) is 1.39. The van der Waals surface area contributed by atoms with Crippen LogP contribution in [0.15, 0.2) is 12.2 Å². The molecular formula is C4H10NP. The van der Waals surface area contributed by atoms with E-state index in [2.05, 4.69) is 14.5 Å². The largest absolute Gasteiger partial charge is 0.297 e. The Balaban J connectivity index is 2.66. The molecule has 1 unspecified atom stereocenters. The fourth-order valence-corrected chi connectivity index (χ4v) is 0.322. The van der Waals surface area contributed by atoms with Crippen LogP contribution < -0.4 is 5.09 Å². The SMILES string of the molecule is C/C=C\CNP. The van der Waals surface area contributed by atoms with Crippen molar-refractivity contribution in [2.75, 3.05) is 6.54 Å². The molecule has 0 aromatic rings. The topological polar surface area (TPSA) is 12.0 Å². The molecule has 0 aliphatic rings. The molecule has 0 heterocycles. The van der Waals surface area contributed by atoms with Crippen LogP contribution in [-0.2, 0) is 0 Å². The molecule has 0 saturated heterocycles. The Labute approximate surface area is 41.1 Å². The normalized spacial score (nSPS) is 10.3. The molecular weight excluding hydrogens is 93.0 g/mol. The van der Waals surface area contributed by atoms with Gasteiger partial charge >= 0.3 is 0 Å². The predicted octanol–water partition coefficient (Wildman–Crippen LogP) is 0.942. The molecule has 2 heteroatoms. The van der Waals surface area contributed by atoms with Crippen molar-refractivity contribution in [3.63, 3.8) is 0 Å². The Morgan fingerprint density at radius 3 is 2.67 bits per heavy atom. The van der Waals surface area contributed by atoms with Crippen molar-refractivity contribution >= 4 is 9.39 Å². The van der Waals surface area contributed by atoms with Crippen LogP contribution in [0.1, 0.15) is 6.92 Å². The molecule has 1 nitrogen and oxygen atoms in total. The summed E-state index contributed by atoms with van der Waals surface area (Å²) in [4.78, 5) is 0. The number of hydrogen-bond donors (Lipinski definition) is 1. The average molecular weight is 103 g/mol. The lowest BCUT2D eigenvalue weighted by atomic mass is 10.5. The molecule has 0 rings (SSSR count). The average Bonchev–Trinajstić information content (AvgIpc) is 1.61. The summed E-state index contributed by atoms with van der Waals surface area (Å²) >= 11 is 0. The van der Waals surface area contributed by atoms with Crippen LogP contribution in [0.2, 0.25) is 0 Å². The minimum absolute atomic E-state index is 0.946. The first-order valence-electron chi connectivity index (χ1n) is 1.96. The lowest BCUT2D eigenvalue weighted by Gasteiger charge is -1.81. The Kier molecular flexibility index (Phi) is 5.24. The summed E-state index contributed by atoms with van der Waals surface area (Å²) in [6.07, 6.45) is 4.06. The molecule has 1 N–H and O–H groups in total. The van der Waals surface area contributed by atoms with Crippen LogP contribution in [0.3, 0.4) is 0 Å². The molecule has 0 saturated carbocycles. The molecule has 1 atom stereocenters. The highest BCUT2D eigenvalue weighted by molar-refractivity contribution is 7.13. The summed E-state index contributed by atoms with van der Waals surface area (Å²) in [5.74, 6) is 0. The first kappa shape index (κ1) is 6.13. The van der Waals surface area contributed by atoms with Crippen LogP contribution >= 0.6 is 9.39 Å². The quantitative estimate of drug-likeness (QED) is 0.405. The van der Waals surface area contributed by atoms with E-state index in [0.717, 1.165) is 6.54 Å². The lowest BCUT2D eigenvalue weighted by Crippen LogP contribution is -1.93. The maximum atomic E-state index is 2.90. The minimum atomic E-state index is 0.946. The maximum Gasteiger partial charge on any atom is 0.0166 e. The van der Waals surface area contributed by atoms with Gasteiger partial charge in [0.05, 0.1) is 0 Å². The number of nitrogens with one attached hydrogen (secondary N) is 1. The summed E-state index contributed by atoms with van der Waals surface area (Å²) < 4.78 is 0. The molecule has 0 amide bonds. The van der Waals surface area contributed by atoms with Crippen molar-refractivity contribution in [2.24, 2.45) is 0 Å². The van der Waals surface area contributed by atoms with Gasteiger partial charge in [-0.2, -0.15) is 0 Å². The molecule has 0 spiro atoms. The van der Waals surface area contributed by atoms with Crippen LogP contribution in [0.5, 0.6) is 0 Å². The lowest BCUT2D eigenvalue weighted by molar-refractivity contribution is 1.13. The summed E-state index contributed by atoms with van der Waals surface area (Å²) in [5.41, 5.74) is 0. The van der Waals surface area contributed by atoms with E-state index in [9.17, 15) is 0 Å². The van der Waals surface area contributed by atoms with Crippen molar-refractivity contribution in [2.45, 2.75) is 6.92 Å². The third-order valence-corrected chi connectivity index (χ3v) is 0.707. The predicted molar refractivity (Wildman–Crippen MR) is 32.5 cm³/mol.